The van der Waals surface area contributed by atoms with Gasteiger partial charge in [-0.25, -0.2) is 9.59 Å². The van der Waals surface area contributed by atoms with Gasteiger partial charge in [0.2, 0.25) is 5.91 Å². The number of aliphatic hydroxyl groups is 1. The first kappa shape index (κ1) is 26.7. The summed E-state index contributed by atoms with van der Waals surface area (Å²) in [6, 6.07) is 7.79. The van der Waals surface area contributed by atoms with Gasteiger partial charge in [-0.15, -0.1) is 4.73 Å². The monoisotopic (exact) mass is 528 g/mol. The van der Waals surface area contributed by atoms with Crippen LogP contribution in [0.2, 0.25) is 0 Å². The van der Waals surface area contributed by atoms with Crippen LogP contribution >= 0.6 is 0 Å². The Morgan fingerprint density at radius 3 is 2.26 bits per heavy atom. The molecule has 5 rings (SSSR count). The number of para-hydroxylation sites is 2. The molecule has 3 fully saturated rings. The standard InChI is InChI=1S/C27H40N6O5/c1-18(2)32-24-6-4-5-7-25(24)33(27(32)37)38-26(36)28-20-14-21-8-9-22(15-20)31(21)17-23(35)16-29-10-12-30(13-11-29)19(3)34/h4-7,18,20-23,35H,8-17H2,1-3H3,(H,28,36)/t20?,21-,22+,23-/m1/s1. The van der Waals surface area contributed by atoms with E-state index in [0.29, 0.717) is 43.8 Å². The van der Waals surface area contributed by atoms with Crippen molar-refractivity contribution >= 4 is 23.0 Å². The largest absolute Gasteiger partial charge is 0.432 e. The highest BCUT2D eigenvalue weighted by molar-refractivity contribution is 5.77. The van der Waals surface area contributed by atoms with Crippen LogP contribution < -0.4 is 15.8 Å². The van der Waals surface area contributed by atoms with Crippen molar-refractivity contribution in [3.63, 3.8) is 0 Å². The molecule has 2 amide bonds. The number of nitrogens with one attached hydrogen (secondary N) is 1. The summed E-state index contributed by atoms with van der Waals surface area (Å²) in [5, 5.41) is 13.8. The number of amides is 2. The summed E-state index contributed by atoms with van der Waals surface area (Å²) in [4.78, 5) is 49.4. The molecule has 2 bridgehead atoms. The van der Waals surface area contributed by atoms with Gasteiger partial charge in [0.15, 0.2) is 0 Å². The molecule has 0 spiro atoms. The summed E-state index contributed by atoms with van der Waals surface area (Å²) in [7, 11) is 0. The van der Waals surface area contributed by atoms with Gasteiger partial charge in [0.25, 0.3) is 0 Å². The highest BCUT2D eigenvalue weighted by Crippen LogP contribution is 2.35. The fourth-order valence-corrected chi connectivity index (χ4v) is 6.54. The number of hydrogen-bond acceptors (Lipinski definition) is 7. The quantitative estimate of drug-likeness (QED) is 0.552. The number of fused-ring (bicyclic) bond motifs is 3. The Hall–Kier alpha value is -2.89. The van der Waals surface area contributed by atoms with Crippen LogP contribution in [-0.4, -0.2) is 105 Å². The first-order valence-electron chi connectivity index (χ1n) is 13.8. The Morgan fingerprint density at radius 2 is 1.66 bits per heavy atom. The summed E-state index contributed by atoms with van der Waals surface area (Å²) in [6.07, 6.45) is 2.59. The van der Waals surface area contributed by atoms with E-state index >= 15 is 0 Å². The molecule has 208 valence electrons. The van der Waals surface area contributed by atoms with Crippen molar-refractivity contribution in [2.45, 2.75) is 76.7 Å². The Bertz CT molecular complexity index is 1200. The topological polar surface area (TPSA) is 112 Å². The van der Waals surface area contributed by atoms with E-state index in [4.69, 9.17) is 4.84 Å². The summed E-state index contributed by atoms with van der Waals surface area (Å²) < 4.78 is 2.71. The lowest BCUT2D eigenvalue weighted by Gasteiger charge is -2.41. The van der Waals surface area contributed by atoms with Crippen LogP contribution in [0.3, 0.4) is 0 Å². The maximum Gasteiger partial charge on any atom is 0.432 e. The molecule has 4 heterocycles. The molecular formula is C27H40N6O5. The number of carbonyl (C=O) groups is 2. The lowest BCUT2D eigenvalue weighted by Crippen LogP contribution is -2.55. The maximum absolute atomic E-state index is 13.0. The molecule has 3 saturated heterocycles. The van der Waals surface area contributed by atoms with E-state index in [1.54, 1.807) is 17.6 Å². The average molecular weight is 529 g/mol. The molecule has 3 aliphatic heterocycles. The lowest BCUT2D eigenvalue weighted by molar-refractivity contribution is -0.130. The van der Waals surface area contributed by atoms with Crippen LogP contribution in [0.4, 0.5) is 4.79 Å². The summed E-state index contributed by atoms with van der Waals surface area (Å²) in [5.41, 5.74) is 0.918. The zero-order chi connectivity index (χ0) is 27.0. The second-order valence-electron chi connectivity index (χ2n) is 11.3. The fourth-order valence-electron chi connectivity index (χ4n) is 6.54. The number of aromatic nitrogens is 2. The van der Waals surface area contributed by atoms with Crippen LogP contribution in [0.25, 0.3) is 11.0 Å². The minimum Gasteiger partial charge on any atom is -0.390 e. The SMILES string of the molecule is CC(=O)N1CCN(C[C@@H](O)CN2[C@@H]3CC[C@H]2CC(NC(=O)On2c(=O)n(C(C)C)c4ccccc42)C3)CC1. The fraction of sp³-hybridized carbons (Fsp3) is 0.667. The van der Waals surface area contributed by atoms with Crippen LogP contribution in [0.5, 0.6) is 0 Å². The van der Waals surface area contributed by atoms with E-state index < -0.39 is 12.2 Å². The average Bonchev–Trinajstić information content (AvgIpc) is 3.27. The number of hydrogen-bond donors (Lipinski definition) is 2. The van der Waals surface area contributed by atoms with Crippen LogP contribution in [0, 0.1) is 0 Å². The number of aliphatic hydroxyl groups excluding tert-OH is 1. The Kier molecular flexibility index (Phi) is 7.78. The molecule has 1 aromatic carbocycles. The molecule has 4 atom stereocenters. The molecule has 11 nitrogen and oxygen atoms in total. The van der Waals surface area contributed by atoms with Crippen molar-refractivity contribution in [1.29, 1.82) is 0 Å². The van der Waals surface area contributed by atoms with E-state index in [9.17, 15) is 19.5 Å². The van der Waals surface area contributed by atoms with Crippen molar-refractivity contribution in [2.24, 2.45) is 0 Å². The lowest BCUT2D eigenvalue weighted by atomic mass is 9.97. The Labute approximate surface area is 222 Å². The van der Waals surface area contributed by atoms with Crippen LogP contribution in [0.1, 0.15) is 52.5 Å². The van der Waals surface area contributed by atoms with Gasteiger partial charge >= 0.3 is 11.8 Å². The summed E-state index contributed by atoms with van der Waals surface area (Å²) in [5.74, 6) is 0.108. The molecule has 11 heteroatoms. The highest BCUT2D eigenvalue weighted by atomic mass is 16.7. The number of piperazine rings is 1. The zero-order valence-corrected chi connectivity index (χ0v) is 22.6. The number of imidazole rings is 1. The minimum atomic E-state index is -0.624. The number of carbonyl (C=O) groups excluding carboxylic acids is 2. The number of nitrogens with zero attached hydrogens (tertiary/aromatic N) is 5. The number of β-amino-alcohol motifs (C(OH)–C–C–N with tert-alkyl or cyclic N) is 1. The van der Waals surface area contributed by atoms with Gasteiger partial charge in [0, 0.05) is 70.4 Å². The number of piperidine rings is 1. The third kappa shape index (κ3) is 5.45. The van der Waals surface area contributed by atoms with Crippen molar-refractivity contribution < 1.29 is 19.5 Å². The Morgan fingerprint density at radius 1 is 1.03 bits per heavy atom. The van der Waals surface area contributed by atoms with Gasteiger partial charge in [-0.3, -0.25) is 19.2 Å². The van der Waals surface area contributed by atoms with Crippen molar-refractivity contribution in [3.05, 3.63) is 34.7 Å². The molecule has 2 N–H and O–H groups in total. The van der Waals surface area contributed by atoms with Crippen LogP contribution in [0.15, 0.2) is 29.1 Å². The first-order chi connectivity index (χ1) is 18.2. The summed E-state index contributed by atoms with van der Waals surface area (Å²) in [6.45, 7) is 9.67. The molecule has 2 aromatic rings. The van der Waals surface area contributed by atoms with Crippen LogP contribution in [-0.2, 0) is 4.79 Å². The van der Waals surface area contributed by atoms with E-state index in [1.165, 1.54) is 0 Å². The van der Waals surface area contributed by atoms with Gasteiger partial charge in [0.1, 0.15) is 5.52 Å². The normalized spacial score (nSPS) is 25.2. The van der Waals surface area contributed by atoms with Gasteiger partial charge < -0.3 is 20.2 Å². The first-order valence-corrected chi connectivity index (χ1v) is 13.8. The molecule has 0 radical (unpaired) electrons. The zero-order valence-electron chi connectivity index (χ0n) is 22.6. The predicted molar refractivity (Wildman–Crippen MR) is 143 cm³/mol. The molecule has 0 aliphatic carbocycles. The smallest absolute Gasteiger partial charge is 0.390 e. The van der Waals surface area contributed by atoms with Gasteiger partial charge in [-0.1, -0.05) is 12.1 Å². The number of rotatable bonds is 7. The van der Waals surface area contributed by atoms with Gasteiger partial charge in [-0.2, -0.15) is 0 Å². The van der Waals surface area contributed by atoms with Gasteiger partial charge in [-0.05, 0) is 51.7 Å². The van der Waals surface area contributed by atoms with Crippen molar-refractivity contribution in [2.75, 3.05) is 39.3 Å². The maximum atomic E-state index is 13.0. The molecule has 3 aliphatic rings. The highest BCUT2D eigenvalue weighted by Gasteiger charge is 2.42. The third-order valence-electron chi connectivity index (χ3n) is 8.34. The second-order valence-corrected chi connectivity index (χ2v) is 11.3. The van der Waals surface area contributed by atoms with E-state index in [-0.39, 0.29) is 23.7 Å². The molecule has 0 saturated carbocycles. The van der Waals surface area contributed by atoms with E-state index in [1.807, 2.05) is 36.9 Å². The predicted octanol–water partition coefficient (Wildman–Crippen LogP) is 1.04. The molecule has 1 aromatic heterocycles. The molecule has 38 heavy (non-hydrogen) atoms. The van der Waals surface area contributed by atoms with Gasteiger partial charge in [0.05, 0.1) is 11.6 Å². The second kappa shape index (κ2) is 11.1. The third-order valence-corrected chi connectivity index (χ3v) is 8.34. The van der Waals surface area contributed by atoms with E-state index in [2.05, 4.69) is 15.1 Å². The number of benzene rings is 1. The Balaban J connectivity index is 1.14. The minimum absolute atomic E-state index is 0.0396. The van der Waals surface area contributed by atoms with Crippen molar-refractivity contribution in [1.82, 2.24) is 29.3 Å². The summed E-state index contributed by atoms with van der Waals surface area (Å²) >= 11 is 0. The van der Waals surface area contributed by atoms with E-state index in [0.717, 1.165) is 49.0 Å². The molecule has 1 unspecified atom stereocenters. The van der Waals surface area contributed by atoms with Crippen molar-refractivity contribution in [3.8, 4) is 0 Å². The molecular weight excluding hydrogens is 488 g/mol.